The zero-order valence-electron chi connectivity index (χ0n) is 17.0. The van der Waals surface area contributed by atoms with Gasteiger partial charge in [0.2, 0.25) is 10.0 Å². The van der Waals surface area contributed by atoms with Crippen LogP contribution in [0, 0.1) is 5.92 Å². The molecule has 1 aromatic heterocycles. The zero-order valence-corrected chi connectivity index (χ0v) is 17.9. The molecular weight excluding hydrogens is 400 g/mol. The monoisotopic (exact) mass is 428 g/mol. The number of rotatable bonds is 6. The summed E-state index contributed by atoms with van der Waals surface area (Å²) in [5.41, 5.74) is 1.68. The van der Waals surface area contributed by atoms with Gasteiger partial charge in [0.05, 0.1) is 4.90 Å². The van der Waals surface area contributed by atoms with E-state index in [9.17, 15) is 13.2 Å². The Morgan fingerprint density at radius 1 is 0.967 bits per heavy atom. The van der Waals surface area contributed by atoms with Gasteiger partial charge in [-0.1, -0.05) is 0 Å². The molecule has 2 aromatic rings. The highest BCUT2D eigenvalue weighted by molar-refractivity contribution is 7.89. The molecule has 0 atom stereocenters. The molecule has 30 heavy (non-hydrogen) atoms. The van der Waals surface area contributed by atoms with Crippen LogP contribution in [0.3, 0.4) is 0 Å². The average molecular weight is 429 g/mol. The fourth-order valence-corrected chi connectivity index (χ4v) is 5.66. The lowest BCUT2D eigenvalue weighted by molar-refractivity contribution is 0.0945. The van der Waals surface area contributed by atoms with Gasteiger partial charge in [-0.3, -0.25) is 9.78 Å². The number of amides is 1. The summed E-state index contributed by atoms with van der Waals surface area (Å²) >= 11 is 0. The largest absolute Gasteiger partial charge is 0.371 e. The molecular formula is C22H28N4O3S. The Labute approximate surface area is 178 Å². The molecule has 0 unspecified atom stereocenters. The first-order valence-electron chi connectivity index (χ1n) is 10.6. The Balaban J connectivity index is 1.27. The number of hydrogen-bond acceptors (Lipinski definition) is 5. The van der Waals surface area contributed by atoms with E-state index in [0.717, 1.165) is 38.8 Å². The van der Waals surface area contributed by atoms with Crippen molar-refractivity contribution in [1.82, 2.24) is 14.6 Å². The van der Waals surface area contributed by atoms with E-state index in [1.54, 1.807) is 12.1 Å². The SMILES string of the molecule is O=C(NCC1CCN(c2ccncc2)CC1)c1ccc(S(=O)(=O)N2CCCC2)cc1. The smallest absolute Gasteiger partial charge is 0.251 e. The van der Waals surface area contributed by atoms with Crippen molar-refractivity contribution < 1.29 is 13.2 Å². The molecule has 0 radical (unpaired) electrons. The zero-order chi connectivity index (χ0) is 21.0. The van der Waals surface area contributed by atoms with Gasteiger partial charge in [-0.2, -0.15) is 4.31 Å². The number of aromatic nitrogens is 1. The Morgan fingerprint density at radius 2 is 1.60 bits per heavy atom. The summed E-state index contributed by atoms with van der Waals surface area (Å²) in [6.45, 7) is 3.72. The van der Waals surface area contributed by atoms with Crippen molar-refractivity contribution in [2.24, 2.45) is 5.92 Å². The van der Waals surface area contributed by atoms with Crippen LogP contribution in [0.5, 0.6) is 0 Å². The number of hydrogen-bond donors (Lipinski definition) is 1. The minimum absolute atomic E-state index is 0.156. The van der Waals surface area contributed by atoms with Crippen LogP contribution in [0.1, 0.15) is 36.0 Å². The molecule has 2 aliphatic rings. The molecule has 2 fully saturated rings. The van der Waals surface area contributed by atoms with Crippen LogP contribution in [-0.2, 0) is 10.0 Å². The van der Waals surface area contributed by atoms with Crippen LogP contribution in [0.2, 0.25) is 0 Å². The molecule has 1 N–H and O–H groups in total. The van der Waals surface area contributed by atoms with Crippen LogP contribution >= 0.6 is 0 Å². The third-order valence-electron chi connectivity index (χ3n) is 6.01. The number of carbonyl (C=O) groups excluding carboxylic acids is 1. The highest BCUT2D eigenvalue weighted by Gasteiger charge is 2.27. The van der Waals surface area contributed by atoms with E-state index in [0.29, 0.717) is 31.1 Å². The predicted molar refractivity (Wildman–Crippen MR) is 116 cm³/mol. The highest BCUT2D eigenvalue weighted by atomic mass is 32.2. The van der Waals surface area contributed by atoms with Crippen molar-refractivity contribution in [3.63, 3.8) is 0 Å². The summed E-state index contributed by atoms with van der Waals surface area (Å²) < 4.78 is 26.7. The number of carbonyl (C=O) groups is 1. The minimum atomic E-state index is -3.45. The fourth-order valence-electron chi connectivity index (χ4n) is 4.15. The molecule has 2 saturated heterocycles. The Bertz CT molecular complexity index is 950. The second kappa shape index (κ2) is 9.14. The number of sulfonamides is 1. The Morgan fingerprint density at radius 3 is 2.23 bits per heavy atom. The predicted octanol–water partition coefficient (Wildman–Crippen LogP) is 2.51. The molecule has 0 bridgehead atoms. The van der Waals surface area contributed by atoms with Crippen LogP contribution in [0.4, 0.5) is 5.69 Å². The third kappa shape index (κ3) is 4.65. The number of pyridine rings is 1. The van der Waals surface area contributed by atoms with Crippen LogP contribution in [-0.4, -0.2) is 56.3 Å². The summed E-state index contributed by atoms with van der Waals surface area (Å²) in [7, 11) is -3.45. The first-order chi connectivity index (χ1) is 14.5. The second-order valence-corrected chi connectivity index (χ2v) is 9.92. The van der Waals surface area contributed by atoms with E-state index in [4.69, 9.17) is 0 Å². The van der Waals surface area contributed by atoms with E-state index in [-0.39, 0.29) is 10.8 Å². The topological polar surface area (TPSA) is 82.6 Å². The van der Waals surface area contributed by atoms with E-state index in [1.807, 2.05) is 24.5 Å². The molecule has 4 rings (SSSR count). The third-order valence-corrected chi connectivity index (χ3v) is 7.93. The number of anilines is 1. The highest BCUT2D eigenvalue weighted by Crippen LogP contribution is 2.23. The molecule has 3 heterocycles. The van der Waals surface area contributed by atoms with Crippen molar-refractivity contribution in [3.05, 3.63) is 54.4 Å². The molecule has 0 saturated carbocycles. The van der Waals surface area contributed by atoms with Crippen molar-refractivity contribution in [2.75, 3.05) is 37.6 Å². The number of nitrogens with one attached hydrogen (secondary N) is 1. The van der Waals surface area contributed by atoms with Gasteiger partial charge in [0.1, 0.15) is 0 Å². The van der Waals surface area contributed by atoms with Gasteiger partial charge in [0.15, 0.2) is 0 Å². The van der Waals surface area contributed by atoms with Crippen molar-refractivity contribution >= 4 is 21.6 Å². The van der Waals surface area contributed by atoms with Gasteiger partial charge >= 0.3 is 0 Å². The number of piperidine rings is 1. The normalized spacial score (nSPS) is 18.5. The van der Waals surface area contributed by atoms with Crippen LogP contribution in [0.15, 0.2) is 53.7 Å². The minimum Gasteiger partial charge on any atom is -0.371 e. The maximum Gasteiger partial charge on any atom is 0.251 e. The molecule has 0 aliphatic carbocycles. The maximum atomic E-state index is 12.6. The maximum absolute atomic E-state index is 12.6. The molecule has 1 aromatic carbocycles. The summed E-state index contributed by atoms with van der Waals surface area (Å²) in [6, 6.07) is 10.3. The standard InChI is InChI=1S/C22H28N4O3S/c27-22(19-3-5-21(6-4-19)30(28,29)26-13-1-2-14-26)24-17-18-9-15-25(16-10-18)20-7-11-23-12-8-20/h3-8,11-12,18H,1-2,9-10,13-17H2,(H,24,27). The molecule has 7 nitrogen and oxygen atoms in total. The lowest BCUT2D eigenvalue weighted by Gasteiger charge is -2.33. The first-order valence-corrected chi connectivity index (χ1v) is 12.0. The van der Waals surface area contributed by atoms with Crippen molar-refractivity contribution in [3.8, 4) is 0 Å². The summed E-state index contributed by atoms with van der Waals surface area (Å²) in [5, 5.41) is 3.01. The Hall–Kier alpha value is -2.45. The van der Waals surface area contributed by atoms with Crippen LogP contribution in [0.25, 0.3) is 0 Å². The van der Waals surface area contributed by atoms with Gasteiger partial charge in [-0.15, -0.1) is 0 Å². The van der Waals surface area contributed by atoms with Crippen molar-refractivity contribution in [2.45, 2.75) is 30.6 Å². The molecule has 1 amide bonds. The van der Waals surface area contributed by atoms with Gasteiger partial charge < -0.3 is 10.2 Å². The summed E-state index contributed by atoms with van der Waals surface area (Å²) in [6.07, 6.45) is 7.47. The van der Waals surface area contributed by atoms with E-state index in [2.05, 4.69) is 15.2 Å². The van der Waals surface area contributed by atoms with Gasteiger partial charge in [0.25, 0.3) is 5.91 Å². The van der Waals surface area contributed by atoms with Gasteiger partial charge in [-0.25, -0.2) is 8.42 Å². The quantitative estimate of drug-likeness (QED) is 0.765. The first kappa shape index (κ1) is 20.8. The molecule has 160 valence electrons. The fraction of sp³-hybridized carbons (Fsp3) is 0.455. The number of benzene rings is 1. The van der Waals surface area contributed by atoms with Gasteiger partial charge in [0, 0.05) is 56.4 Å². The van der Waals surface area contributed by atoms with Crippen molar-refractivity contribution in [1.29, 1.82) is 0 Å². The molecule has 8 heteroatoms. The summed E-state index contributed by atoms with van der Waals surface area (Å²) in [5.74, 6) is 0.290. The Kier molecular flexibility index (Phi) is 6.34. The van der Waals surface area contributed by atoms with E-state index >= 15 is 0 Å². The summed E-state index contributed by atoms with van der Waals surface area (Å²) in [4.78, 5) is 19.2. The van der Waals surface area contributed by atoms with E-state index < -0.39 is 10.0 Å². The lowest BCUT2D eigenvalue weighted by atomic mass is 9.96. The molecule has 2 aliphatic heterocycles. The van der Waals surface area contributed by atoms with Gasteiger partial charge in [-0.05, 0) is 68.0 Å². The second-order valence-electron chi connectivity index (χ2n) is 7.98. The average Bonchev–Trinajstić information content (AvgIpc) is 3.34. The number of nitrogens with zero attached hydrogens (tertiary/aromatic N) is 3. The molecule has 0 spiro atoms. The van der Waals surface area contributed by atoms with E-state index in [1.165, 1.54) is 22.1 Å². The lowest BCUT2D eigenvalue weighted by Crippen LogP contribution is -2.38. The van der Waals surface area contributed by atoms with Crippen LogP contribution < -0.4 is 10.2 Å².